The Bertz CT molecular complexity index is 732. The van der Waals surface area contributed by atoms with E-state index in [1.54, 1.807) is 6.08 Å². The fraction of sp³-hybridized carbons (Fsp3) is 0.600. The van der Waals surface area contributed by atoms with Gasteiger partial charge in [-0.05, 0) is 42.6 Å². The standard InChI is InChI=1S/C20H24O5/c1-11-15(21)16-20(3)13(18(23)25-16)5-4-6-14(20)19(11,2)9-7-12-8-10-24-17(12)22/h5,7-8,10-11,14-16,21H,4,6,9H2,1-3H3. The zero-order valence-electron chi connectivity index (χ0n) is 14.8. The molecule has 0 bridgehead atoms. The van der Waals surface area contributed by atoms with Gasteiger partial charge in [-0.3, -0.25) is 0 Å². The third-order valence-corrected chi connectivity index (χ3v) is 7.23. The van der Waals surface area contributed by atoms with Gasteiger partial charge in [-0.1, -0.05) is 32.9 Å². The number of esters is 2. The Morgan fingerprint density at radius 3 is 2.76 bits per heavy atom. The predicted octanol–water partition coefficient (Wildman–Crippen LogP) is 2.66. The Morgan fingerprint density at radius 1 is 1.32 bits per heavy atom. The molecule has 134 valence electrons. The number of hydrogen-bond acceptors (Lipinski definition) is 5. The number of cyclic esters (lactones) is 1. The van der Waals surface area contributed by atoms with Crippen LogP contribution in [-0.4, -0.2) is 29.3 Å². The van der Waals surface area contributed by atoms with Crippen LogP contribution in [-0.2, 0) is 19.1 Å². The lowest BCUT2D eigenvalue weighted by Gasteiger charge is -2.58. The van der Waals surface area contributed by atoms with Crippen LogP contribution in [0.1, 0.15) is 40.0 Å². The summed E-state index contributed by atoms with van der Waals surface area (Å²) in [6.45, 7) is 6.25. The molecule has 5 nitrogen and oxygen atoms in total. The van der Waals surface area contributed by atoms with E-state index in [4.69, 9.17) is 9.47 Å². The lowest BCUT2D eigenvalue weighted by atomic mass is 9.46. The van der Waals surface area contributed by atoms with Gasteiger partial charge in [-0.2, -0.15) is 0 Å². The van der Waals surface area contributed by atoms with E-state index in [0.717, 1.165) is 18.4 Å². The molecule has 6 unspecified atom stereocenters. The number of aliphatic hydroxyl groups is 1. The van der Waals surface area contributed by atoms with Crippen molar-refractivity contribution in [3.8, 4) is 0 Å². The van der Waals surface area contributed by atoms with Crippen LogP contribution in [0.2, 0.25) is 0 Å². The average Bonchev–Trinajstić information content (AvgIpc) is 3.11. The van der Waals surface area contributed by atoms with Crippen LogP contribution in [0.4, 0.5) is 0 Å². The van der Waals surface area contributed by atoms with Gasteiger partial charge in [0.15, 0.2) is 0 Å². The number of carbonyl (C=O) groups is 2. The van der Waals surface area contributed by atoms with Gasteiger partial charge in [0.25, 0.3) is 0 Å². The van der Waals surface area contributed by atoms with Crippen molar-refractivity contribution in [3.05, 3.63) is 35.6 Å². The number of aliphatic hydroxyl groups excluding tert-OH is 1. The predicted molar refractivity (Wildman–Crippen MR) is 90.0 cm³/mol. The monoisotopic (exact) mass is 344 g/mol. The second kappa shape index (κ2) is 5.31. The first-order valence-corrected chi connectivity index (χ1v) is 8.97. The molecule has 25 heavy (non-hydrogen) atoms. The third-order valence-electron chi connectivity index (χ3n) is 7.23. The highest BCUT2D eigenvalue weighted by molar-refractivity contribution is 5.94. The SMILES string of the molecule is CC1C(O)C2OC(=O)C3=CCCC(C1(C)CC=C1C=COC1=O)C32C. The van der Waals surface area contributed by atoms with E-state index in [1.807, 2.05) is 19.1 Å². The maximum atomic E-state index is 12.3. The zero-order chi connectivity index (χ0) is 18.0. The zero-order valence-corrected chi connectivity index (χ0v) is 14.8. The molecular weight excluding hydrogens is 320 g/mol. The van der Waals surface area contributed by atoms with E-state index < -0.39 is 17.6 Å². The maximum absolute atomic E-state index is 12.3. The molecule has 2 aliphatic carbocycles. The summed E-state index contributed by atoms with van der Waals surface area (Å²) in [6.07, 6.45) is 8.21. The van der Waals surface area contributed by atoms with Crippen LogP contribution in [0.15, 0.2) is 35.6 Å². The second-order valence-corrected chi connectivity index (χ2v) is 8.21. The Kier molecular flexibility index (Phi) is 3.52. The summed E-state index contributed by atoms with van der Waals surface area (Å²) in [6, 6.07) is 0. The lowest BCUT2D eigenvalue weighted by Crippen LogP contribution is -2.61. The van der Waals surface area contributed by atoms with E-state index >= 15 is 0 Å². The summed E-state index contributed by atoms with van der Waals surface area (Å²) in [7, 11) is 0. The molecule has 0 aromatic rings. The topological polar surface area (TPSA) is 72.8 Å². The van der Waals surface area contributed by atoms with E-state index in [0.29, 0.717) is 12.0 Å². The summed E-state index contributed by atoms with van der Waals surface area (Å²) in [5.41, 5.74) is 0.557. The molecule has 2 aliphatic heterocycles. The molecule has 4 rings (SSSR count). The van der Waals surface area contributed by atoms with Gasteiger partial charge >= 0.3 is 11.9 Å². The van der Waals surface area contributed by atoms with Gasteiger partial charge in [-0.15, -0.1) is 0 Å². The summed E-state index contributed by atoms with van der Waals surface area (Å²) < 4.78 is 10.5. The smallest absolute Gasteiger partial charge is 0.342 e. The van der Waals surface area contributed by atoms with E-state index in [9.17, 15) is 14.7 Å². The number of allylic oxidation sites excluding steroid dienone is 2. The van der Waals surface area contributed by atoms with Crippen molar-refractivity contribution in [1.29, 1.82) is 0 Å². The molecule has 6 atom stereocenters. The Labute approximate surface area is 147 Å². The van der Waals surface area contributed by atoms with Crippen LogP contribution >= 0.6 is 0 Å². The summed E-state index contributed by atoms with van der Waals surface area (Å²) in [5.74, 6) is -0.471. The Hall–Kier alpha value is -1.88. The van der Waals surface area contributed by atoms with Crippen LogP contribution in [0.25, 0.3) is 0 Å². The van der Waals surface area contributed by atoms with Crippen molar-refractivity contribution >= 4 is 11.9 Å². The quantitative estimate of drug-likeness (QED) is 0.616. The molecular formula is C20H24O5. The fourth-order valence-electron chi connectivity index (χ4n) is 5.58. The molecule has 4 aliphatic rings. The molecule has 5 heteroatoms. The lowest BCUT2D eigenvalue weighted by molar-refractivity contribution is -0.182. The summed E-state index contributed by atoms with van der Waals surface area (Å²) >= 11 is 0. The molecule has 1 saturated carbocycles. The van der Waals surface area contributed by atoms with Crippen LogP contribution in [0.3, 0.4) is 0 Å². The van der Waals surface area contributed by atoms with Gasteiger partial charge in [0.05, 0.1) is 17.9 Å². The van der Waals surface area contributed by atoms with Crippen molar-refractivity contribution in [2.24, 2.45) is 22.7 Å². The number of hydrogen-bond donors (Lipinski definition) is 1. The highest BCUT2D eigenvalue weighted by Gasteiger charge is 2.67. The number of carbonyl (C=O) groups excluding carboxylic acids is 2. The Balaban J connectivity index is 1.75. The molecule has 1 saturated heterocycles. The normalized spacial score (nSPS) is 46.7. The van der Waals surface area contributed by atoms with Gasteiger partial charge in [0.2, 0.25) is 0 Å². The minimum Gasteiger partial charge on any atom is -0.455 e. The van der Waals surface area contributed by atoms with Crippen molar-refractivity contribution in [3.63, 3.8) is 0 Å². The van der Waals surface area contributed by atoms with Crippen molar-refractivity contribution < 1.29 is 24.2 Å². The van der Waals surface area contributed by atoms with Crippen molar-refractivity contribution in [2.75, 3.05) is 0 Å². The highest BCUT2D eigenvalue weighted by atomic mass is 16.6. The molecule has 2 heterocycles. The molecule has 0 spiro atoms. The fourth-order valence-corrected chi connectivity index (χ4v) is 5.58. The molecule has 0 radical (unpaired) electrons. The minimum absolute atomic E-state index is 0.0564. The third kappa shape index (κ3) is 2.05. The molecule has 2 fully saturated rings. The van der Waals surface area contributed by atoms with Crippen LogP contribution in [0.5, 0.6) is 0 Å². The maximum Gasteiger partial charge on any atom is 0.342 e. The minimum atomic E-state index is -0.719. The van der Waals surface area contributed by atoms with Gasteiger partial charge in [-0.25, -0.2) is 9.59 Å². The number of ether oxygens (including phenoxy) is 2. The molecule has 1 N–H and O–H groups in total. The second-order valence-electron chi connectivity index (χ2n) is 8.21. The summed E-state index contributed by atoms with van der Waals surface area (Å²) in [5, 5.41) is 10.9. The average molecular weight is 344 g/mol. The first-order chi connectivity index (χ1) is 11.8. The Morgan fingerprint density at radius 2 is 2.08 bits per heavy atom. The largest absolute Gasteiger partial charge is 0.455 e. The van der Waals surface area contributed by atoms with Gasteiger partial charge < -0.3 is 14.6 Å². The first-order valence-electron chi connectivity index (χ1n) is 8.97. The van der Waals surface area contributed by atoms with E-state index in [-0.39, 0.29) is 29.2 Å². The van der Waals surface area contributed by atoms with Gasteiger partial charge in [0.1, 0.15) is 6.10 Å². The number of rotatable bonds is 2. The molecule has 0 aromatic carbocycles. The van der Waals surface area contributed by atoms with Crippen LogP contribution < -0.4 is 0 Å². The van der Waals surface area contributed by atoms with E-state index in [2.05, 4.69) is 13.8 Å². The van der Waals surface area contributed by atoms with Crippen LogP contribution in [0, 0.1) is 22.7 Å². The molecule has 0 aromatic heterocycles. The van der Waals surface area contributed by atoms with Gasteiger partial charge in [0, 0.05) is 11.0 Å². The van der Waals surface area contributed by atoms with Crippen molar-refractivity contribution in [2.45, 2.75) is 52.2 Å². The van der Waals surface area contributed by atoms with E-state index in [1.165, 1.54) is 6.26 Å². The van der Waals surface area contributed by atoms with Crippen molar-refractivity contribution in [1.82, 2.24) is 0 Å². The molecule has 0 amide bonds. The summed E-state index contributed by atoms with van der Waals surface area (Å²) in [4.78, 5) is 24.1. The highest BCUT2D eigenvalue weighted by Crippen LogP contribution is 2.64. The first kappa shape index (κ1) is 16.6.